The fourth-order valence-electron chi connectivity index (χ4n) is 2.76. The first-order valence-corrected chi connectivity index (χ1v) is 7.59. The van der Waals surface area contributed by atoms with E-state index in [1.165, 1.54) is 18.4 Å². The molecule has 0 radical (unpaired) electrons. The SMILES string of the molecule is CCCNC(Cc1cc(Cl)ccc1OC)C1CC1C. The minimum Gasteiger partial charge on any atom is -0.496 e. The number of methoxy groups -OCH3 is 1. The summed E-state index contributed by atoms with van der Waals surface area (Å²) in [5.74, 6) is 2.59. The maximum atomic E-state index is 6.11. The lowest BCUT2D eigenvalue weighted by Gasteiger charge is -2.20. The quantitative estimate of drug-likeness (QED) is 0.818. The summed E-state index contributed by atoms with van der Waals surface area (Å²) in [6.45, 7) is 5.62. The molecule has 19 heavy (non-hydrogen) atoms. The number of benzene rings is 1. The van der Waals surface area contributed by atoms with Gasteiger partial charge in [-0.2, -0.15) is 0 Å². The summed E-state index contributed by atoms with van der Waals surface area (Å²) in [6, 6.07) is 6.43. The van der Waals surface area contributed by atoms with Crippen LogP contribution in [0.25, 0.3) is 0 Å². The minimum atomic E-state index is 0.544. The molecular formula is C16H24ClNO. The lowest BCUT2D eigenvalue weighted by atomic mass is 10.00. The van der Waals surface area contributed by atoms with Crippen molar-refractivity contribution in [2.45, 2.75) is 39.2 Å². The van der Waals surface area contributed by atoms with Gasteiger partial charge in [0.1, 0.15) is 5.75 Å². The van der Waals surface area contributed by atoms with Crippen molar-refractivity contribution in [2.75, 3.05) is 13.7 Å². The Kier molecular flexibility index (Phi) is 5.12. The zero-order valence-corrected chi connectivity index (χ0v) is 12.8. The van der Waals surface area contributed by atoms with Gasteiger partial charge in [0, 0.05) is 11.1 Å². The topological polar surface area (TPSA) is 21.3 Å². The van der Waals surface area contributed by atoms with E-state index in [1.54, 1.807) is 7.11 Å². The summed E-state index contributed by atoms with van der Waals surface area (Å²) in [7, 11) is 1.72. The Morgan fingerprint density at radius 1 is 1.47 bits per heavy atom. The van der Waals surface area contributed by atoms with Gasteiger partial charge in [-0.15, -0.1) is 0 Å². The van der Waals surface area contributed by atoms with Gasteiger partial charge in [-0.05, 0) is 61.4 Å². The first-order chi connectivity index (χ1) is 9.15. The second-order valence-corrected chi connectivity index (χ2v) is 6.03. The molecule has 0 bridgehead atoms. The van der Waals surface area contributed by atoms with Crippen LogP contribution < -0.4 is 10.1 Å². The Morgan fingerprint density at radius 2 is 2.21 bits per heavy atom. The van der Waals surface area contributed by atoms with Gasteiger partial charge < -0.3 is 10.1 Å². The van der Waals surface area contributed by atoms with Crippen LogP contribution in [-0.2, 0) is 6.42 Å². The maximum Gasteiger partial charge on any atom is 0.122 e. The predicted octanol–water partition coefficient (Wildman–Crippen LogP) is 3.92. The van der Waals surface area contributed by atoms with Gasteiger partial charge in [0.05, 0.1) is 7.11 Å². The van der Waals surface area contributed by atoms with E-state index in [4.69, 9.17) is 16.3 Å². The van der Waals surface area contributed by atoms with Crippen molar-refractivity contribution >= 4 is 11.6 Å². The van der Waals surface area contributed by atoms with Crippen LogP contribution in [-0.4, -0.2) is 19.7 Å². The summed E-state index contributed by atoms with van der Waals surface area (Å²) < 4.78 is 5.45. The molecule has 3 atom stereocenters. The van der Waals surface area contributed by atoms with Crippen molar-refractivity contribution in [3.63, 3.8) is 0 Å². The molecule has 0 amide bonds. The summed E-state index contributed by atoms with van der Waals surface area (Å²) in [6.07, 6.45) is 3.51. The molecule has 2 nitrogen and oxygen atoms in total. The molecule has 1 N–H and O–H groups in total. The average molecular weight is 282 g/mol. The third-order valence-corrected chi connectivity index (χ3v) is 4.26. The summed E-state index contributed by atoms with van der Waals surface area (Å²) in [4.78, 5) is 0. The van der Waals surface area contributed by atoms with Crippen LogP contribution in [0.5, 0.6) is 5.75 Å². The van der Waals surface area contributed by atoms with Gasteiger partial charge in [-0.3, -0.25) is 0 Å². The Labute approximate surface area is 121 Å². The smallest absolute Gasteiger partial charge is 0.122 e. The van der Waals surface area contributed by atoms with E-state index in [9.17, 15) is 0 Å². The van der Waals surface area contributed by atoms with Crippen molar-refractivity contribution in [3.8, 4) is 5.75 Å². The zero-order chi connectivity index (χ0) is 13.8. The number of ether oxygens (including phenoxy) is 1. The van der Waals surface area contributed by atoms with E-state index in [1.807, 2.05) is 18.2 Å². The number of rotatable bonds is 7. The Morgan fingerprint density at radius 3 is 2.79 bits per heavy atom. The van der Waals surface area contributed by atoms with E-state index in [0.717, 1.165) is 35.6 Å². The van der Waals surface area contributed by atoms with Crippen molar-refractivity contribution in [3.05, 3.63) is 28.8 Å². The van der Waals surface area contributed by atoms with Crippen LogP contribution in [0.1, 0.15) is 32.3 Å². The molecule has 0 aliphatic heterocycles. The van der Waals surface area contributed by atoms with Crippen molar-refractivity contribution < 1.29 is 4.74 Å². The number of halogens is 1. The molecule has 3 unspecified atom stereocenters. The van der Waals surface area contributed by atoms with E-state index in [0.29, 0.717) is 6.04 Å². The van der Waals surface area contributed by atoms with Gasteiger partial charge in [-0.1, -0.05) is 25.4 Å². The summed E-state index contributed by atoms with van der Waals surface area (Å²) in [5.41, 5.74) is 1.21. The first-order valence-electron chi connectivity index (χ1n) is 7.21. The molecule has 1 aliphatic rings. The fourth-order valence-corrected chi connectivity index (χ4v) is 2.95. The van der Waals surface area contributed by atoms with Crippen LogP contribution in [0, 0.1) is 11.8 Å². The molecule has 1 aromatic rings. The summed E-state index contributed by atoms with van der Waals surface area (Å²) >= 11 is 6.11. The normalized spacial score (nSPS) is 23.2. The van der Waals surface area contributed by atoms with Crippen molar-refractivity contribution in [2.24, 2.45) is 11.8 Å². The molecule has 1 fully saturated rings. The molecule has 106 valence electrons. The van der Waals surface area contributed by atoms with Gasteiger partial charge in [0.25, 0.3) is 0 Å². The van der Waals surface area contributed by atoms with Crippen LogP contribution in [0.15, 0.2) is 18.2 Å². The molecule has 1 aliphatic carbocycles. The van der Waals surface area contributed by atoms with Crippen molar-refractivity contribution in [1.29, 1.82) is 0 Å². The van der Waals surface area contributed by atoms with Crippen molar-refractivity contribution in [1.82, 2.24) is 5.32 Å². The highest BCUT2D eigenvalue weighted by molar-refractivity contribution is 6.30. The Bertz CT molecular complexity index is 421. The number of hydrogen-bond acceptors (Lipinski definition) is 2. The number of hydrogen-bond donors (Lipinski definition) is 1. The molecule has 3 heteroatoms. The zero-order valence-electron chi connectivity index (χ0n) is 12.1. The van der Waals surface area contributed by atoms with Gasteiger partial charge in [-0.25, -0.2) is 0 Å². The second kappa shape index (κ2) is 6.62. The lowest BCUT2D eigenvalue weighted by Crippen LogP contribution is -2.34. The van der Waals surface area contributed by atoms with E-state index in [-0.39, 0.29) is 0 Å². The fraction of sp³-hybridized carbons (Fsp3) is 0.625. The van der Waals surface area contributed by atoms with Gasteiger partial charge >= 0.3 is 0 Å². The molecule has 0 spiro atoms. The van der Waals surface area contributed by atoms with E-state index in [2.05, 4.69) is 19.2 Å². The van der Waals surface area contributed by atoms with Crippen LogP contribution in [0.4, 0.5) is 0 Å². The highest BCUT2D eigenvalue weighted by Crippen LogP contribution is 2.42. The van der Waals surface area contributed by atoms with Crippen LogP contribution in [0.2, 0.25) is 5.02 Å². The summed E-state index contributed by atoms with van der Waals surface area (Å²) in [5, 5.41) is 4.47. The number of nitrogens with one attached hydrogen (secondary N) is 1. The van der Waals surface area contributed by atoms with Gasteiger partial charge in [0.2, 0.25) is 0 Å². The lowest BCUT2D eigenvalue weighted by molar-refractivity contribution is 0.397. The Balaban J connectivity index is 2.09. The van der Waals surface area contributed by atoms with E-state index >= 15 is 0 Å². The highest BCUT2D eigenvalue weighted by atomic mass is 35.5. The molecule has 0 aromatic heterocycles. The monoisotopic (exact) mass is 281 g/mol. The molecule has 0 heterocycles. The first kappa shape index (κ1) is 14.7. The van der Waals surface area contributed by atoms with Crippen LogP contribution in [0.3, 0.4) is 0 Å². The standard InChI is InChI=1S/C16H24ClNO/c1-4-7-18-15(14-8-11(14)2)10-12-9-13(17)5-6-16(12)19-3/h5-6,9,11,14-15,18H,4,7-8,10H2,1-3H3. The molecule has 2 rings (SSSR count). The predicted molar refractivity (Wildman–Crippen MR) is 81.1 cm³/mol. The molecule has 0 saturated heterocycles. The molecular weight excluding hydrogens is 258 g/mol. The largest absolute Gasteiger partial charge is 0.496 e. The maximum absolute atomic E-state index is 6.11. The third-order valence-electron chi connectivity index (χ3n) is 4.03. The molecule has 1 saturated carbocycles. The van der Waals surface area contributed by atoms with Crippen LogP contribution >= 0.6 is 11.6 Å². The molecule has 1 aromatic carbocycles. The third kappa shape index (κ3) is 3.87. The average Bonchev–Trinajstić information content (AvgIpc) is 3.12. The highest BCUT2D eigenvalue weighted by Gasteiger charge is 2.39. The Hall–Kier alpha value is -0.730. The minimum absolute atomic E-state index is 0.544. The second-order valence-electron chi connectivity index (χ2n) is 5.60. The van der Waals surface area contributed by atoms with E-state index < -0.39 is 0 Å². The van der Waals surface area contributed by atoms with Gasteiger partial charge in [0.15, 0.2) is 0 Å².